The maximum atomic E-state index is 13.3. The lowest BCUT2D eigenvalue weighted by molar-refractivity contribution is -0.126. The zero-order valence-electron chi connectivity index (χ0n) is 18.9. The molecule has 5 nitrogen and oxygen atoms in total. The van der Waals surface area contributed by atoms with Gasteiger partial charge in [-0.2, -0.15) is 0 Å². The molecule has 1 fully saturated rings. The zero-order chi connectivity index (χ0) is 22.9. The Morgan fingerprint density at radius 3 is 2.30 bits per heavy atom. The van der Waals surface area contributed by atoms with Gasteiger partial charge in [0.2, 0.25) is 11.8 Å². The Morgan fingerprint density at radius 1 is 0.939 bits per heavy atom. The van der Waals surface area contributed by atoms with Crippen LogP contribution in [0.15, 0.2) is 78.2 Å². The minimum Gasteiger partial charge on any atom is -0.355 e. The van der Waals surface area contributed by atoms with Crippen molar-refractivity contribution in [1.29, 1.82) is 0 Å². The third-order valence-electron chi connectivity index (χ3n) is 6.12. The average Bonchev–Trinajstić information content (AvgIpc) is 3.38. The molecule has 0 unspecified atom stereocenters. The highest BCUT2D eigenvalue weighted by molar-refractivity contribution is 7.09. The van der Waals surface area contributed by atoms with E-state index in [4.69, 9.17) is 0 Å². The minimum atomic E-state index is 0.0363. The van der Waals surface area contributed by atoms with Gasteiger partial charge in [0.1, 0.15) is 0 Å². The van der Waals surface area contributed by atoms with Crippen molar-refractivity contribution in [2.45, 2.75) is 25.8 Å². The Bertz CT molecular complexity index is 1000. The molecule has 6 heteroatoms. The van der Waals surface area contributed by atoms with E-state index in [-0.39, 0.29) is 17.7 Å². The van der Waals surface area contributed by atoms with Crippen molar-refractivity contribution in [3.8, 4) is 0 Å². The first-order chi connectivity index (χ1) is 16.2. The van der Waals surface area contributed by atoms with Crippen molar-refractivity contribution >= 4 is 28.8 Å². The van der Waals surface area contributed by atoms with Gasteiger partial charge in [-0.3, -0.25) is 14.5 Å². The molecule has 3 aromatic rings. The molecule has 0 radical (unpaired) electrons. The van der Waals surface area contributed by atoms with Crippen molar-refractivity contribution in [3.05, 3.63) is 88.6 Å². The summed E-state index contributed by atoms with van der Waals surface area (Å²) in [6, 6.07) is 24.1. The Labute approximate surface area is 200 Å². The summed E-state index contributed by atoms with van der Waals surface area (Å²) < 4.78 is 0. The van der Waals surface area contributed by atoms with Crippen LogP contribution in [0.4, 0.5) is 5.69 Å². The van der Waals surface area contributed by atoms with Crippen molar-refractivity contribution in [2.24, 2.45) is 5.92 Å². The summed E-state index contributed by atoms with van der Waals surface area (Å²) in [5, 5.41) is 5.15. The van der Waals surface area contributed by atoms with Crippen LogP contribution >= 0.6 is 11.3 Å². The van der Waals surface area contributed by atoms with E-state index in [1.165, 1.54) is 4.88 Å². The highest BCUT2D eigenvalue weighted by Crippen LogP contribution is 2.20. The Hall–Kier alpha value is -2.96. The Kier molecular flexibility index (Phi) is 8.28. The number of para-hydroxylation sites is 1. The Morgan fingerprint density at radius 2 is 1.64 bits per heavy atom. The molecule has 2 heterocycles. The van der Waals surface area contributed by atoms with Crippen LogP contribution in [0, 0.1) is 5.92 Å². The molecule has 172 valence electrons. The maximum Gasteiger partial charge on any atom is 0.241 e. The third-order valence-corrected chi connectivity index (χ3v) is 7.06. The van der Waals surface area contributed by atoms with E-state index in [1.807, 2.05) is 71.6 Å². The molecular formula is C27H31N3O2S. The molecule has 2 aromatic carbocycles. The molecule has 0 spiro atoms. The first kappa shape index (κ1) is 23.2. The van der Waals surface area contributed by atoms with Crippen molar-refractivity contribution in [3.63, 3.8) is 0 Å². The molecule has 2 amide bonds. The van der Waals surface area contributed by atoms with E-state index in [0.29, 0.717) is 19.6 Å². The fourth-order valence-electron chi connectivity index (χ4n) is 4.24. The van der Waals surface area contributed by atoms with Gasteiger partial charge in [0.05, 0.1) is 13.1 Å². The molecule has 1 aliphatic rings. The number of amides is 2. The molecule has 0 bridgehead atoms. The van der Waals surface area contributed by atoms with E-state index in [1.54, 1.807) is 11.3 Å². The first-order valence-corrected chi connectivity index (χ1v) is 12.5. The molecule has 1 N–H and O–H groups in total. The number of benzene rings is 2. The Balaban J connectivity index is 1.28. The first-order valence-electron chi connectivity index (χ1n) is 11.6. The topological polar surface area (TPSA) is 52.7 Å². The summed E-state index contributed by atoms with van der Waals surface area (Å²) >= 11 is 1.72. The minimum absolute atomic E-state index is 0.0363. The number of piperidine rings is 1. The lowest BCUT2D eigenvalue weighted by Gasteiger charge is -2.32. The third kappa shape index (κ3) is 6.76. The number of carbonyl (C=O) groups excluding carboxylic acids is 2. The zero-order valence-corrected chi connectivity index (χ0v) is 19.7. The molecule has 1 aromatic heterocycles. The second kappa shape index (κ2) is 11.8. The largest absolute Gasteiger partial charge is 0.355 e. The summed E-state index contributed by atoms with van der Waals surface area (Å²) in [5.74, 6) is 0.269. The van der Waals surface area contributed by atoms with Gasteiger partial charge in [0.25, 0.3) is 0 Å². The maximum absolute atomic E-state index is 13.3. The van der Waals surface area contributed by atoms with Crippen molar-refractivity contribution in [1.82, 2.24) is 10.2 Å². The van der Waals surface area contributed by atoms with Crippen LogP contribution < -0.4 is 10.2 Å². The fourth-order valence-corrected chi connectivity index (χ4v) is 4.94. The van der Waals surface area contributed by atoms with E-state index in [0.717, 1.165) is 43.6 Å². The van der Waals surface area contributed by atoms with Crippen LogP contribution in [0.25, 0.3) is 0 Å². The summed E-state index contributed by atoms with van der Waals surface area (Å²) in [6.45, 7) is 3.14. The highest BCUT2D eigenvalue weighted by Gasteiger charge is 2.27. The predicted octanol–water partition coefficient (Wildman–Crippen LogP) is 4.35. The van der Waals surface area contributed by atoms with Gasteiger partial charge in [-0.25, -0.2) is 0 Å². The molecule has 1 saturated heterocycles. The number of anilines is 1. The quantitative estimate of drug-likeness (QED) is 0.515. The van der Waals surface area contributed by atoms with E-state index in [9.17, 15) is 9.59 Å². The number of hydrogen-bond donors (Lipinski definition) is 1. The standard InChI is InChI=1S/C27H31N3O2S/c31-26(30(24-10-5-2-6-11-24)20-22-8-3-1-4-9-22)21-29-17-14-23(15-18-29)27(32)28-16-13-25-12-7-19-33-25/h1-12,19,23H,13-18,20-21H2,(H,28,32). The molecule has 0 saturated carbocycles. The van der Waals surface area contributed by atoms with Crippen LogP contribution in [-0.2, 0) is 22.6 Å². The number of nitrogens with one attached hydrogen (secondary N) is 1. The van der Waals surface area contributed by atoms with E-state index in [2.05, 4.69) is 21.7 Å². The van der Waals surface area contributed by atoms with Gasteiger partial charge < -0.3 is 10.2 Å². The summed E-state index contributed by atoms with van der Waals surface area (Å²) in [7, 11) is 0. The van der Waals surface area contributed by atoms with E-state index >= 15 is 0 Å². The van der Waals surface area contributed by atoms with Crippen LogP contribution in [-0.4, -0.2) is 42.9 Å². The van der Waals surface area contributed by atoms with Crippen LogP contribution in [0.2, 0.25) is 0 Å². The van der Waals surface area contributed by atoms with Crippen LogP contribution in [0.3, 0.4) is 0 Å². The molecule has 0 atom stereocenters. The highest BCUT2D eigenvalue weighted by atomic mass is 32.1. The number of thiophene rings is 1. The number of likely N-dealkylation sites (tertiary alicyclic amines) is 1. The van der Waals surface area contributed by atoms with Gasteiger partial charge >= 0.3 is 0 Å². The molecule has 4 rings (SSSR count). The lowest BCUT2D eigenvalue weighted by Crippen LogP contribution is -2.45. The molecule has 33 heavy (non-hydrogen) atoms. The smallest absolute Gasteiger partial charge is 0.241 e. The summed E-state index contributed by atoms with van der Waals surface area (Å²) in [4.78, 5) is 31.2. The molecule has 1 aliphatic heterocycles. The molecule has 0 aliphatic carbocycles. The van der Waals surface area contributed by atoms with Gasteiger partial charge in [0.15, 0.2) is 0 Å². The number of nitrogens with zero attached hydrogens (tertiary/aromatic N) is 2. The normalized spacial score (nSPS) is 14.7. The molecular weight excluding hydrogens is 430 g/mol. The summed E-state index contributed by atoms with van der Waals surface area (Å²) in [6.07, 6.45) is 2.47. The second-order valence-electron chi connectivity index (χ2n) is 8.47. The van der Waals surface area contributed by atoms with Crippen molar-refractivity contribution in [2.75, 3.05) is 31.1 Å². The second-order valence-corrected chi connectivity index (χ2v) is 9.50. The van der Waals surface area contributed by atoms with Gasteiger partial charge in [0, 0.05) is 23.0 Å². The number of rotatable bonds is 9. The lowest BCUT2D eigenvalue weighted by atomic mass is 9.96. The van der Waals surface area contributed by atoms with Gasteiger partial charge in [-0.15, -0.1) is 11.3 Å². The average molecular weight is 462 g/mol. The van der Waals surface area contributed by atoms with Crippen molar-refractivity contribution < 1.29 is 9.59 Å². The fraction of sp³-hybridized carbons (Fsp3) is 0.333. The van der Waals surface area contributed by atoms with Gasteiger partial charge in [-0.05, 0) is 61.5 Å². The van der Waals surface area contributed by atoms with E-state index < -0.39 is 0 Å². The van der Waals surface area contributed by atoms with Crippen LogP contribution in [0.1, 0.15) is 23.3 Å². The number of hydrogen-bond acceptors (Lipinski definition) is 4. The number of carbonyl (C=O) groups is 2. The SMILES string of the molecule is O=C(NCCc1cccs1)C1CCN(CC(=O)N(Cc2ccccc2)c2ccccc2)CC1. The van der Waals surface area contributed by atoms with Gasteiger partial charge in [-0.1, -0.05) is 54.6 Å². The van der Waals surface area contributed by atoms with Crippen LogP contribution in [0.5, 0.6) is 0 Å². The predicted molar refractivity (Wildman–Crippen MR) is 134 cm³/mol. The summed E-state index contributed by atoms with van der Waals surface area (Å²) in [5.41, 5.74) is 2.01. The monoisotopic (exact) mass is 461 g/mol.